The molecular weight excluding hydrogens is 545 g/mol. The van der Waals surface area contributed by atoms with Gasteiger partial charge in [-0.05, 0) is 61.9 Å². The van der Waals surface area contributed by atoms with E-state index in [2.05, 4.69) is 21.2 Å². The molecule has 3 aromatic rings. The molecule has 0 aliphatic heterocycles. The number of nitrogens with zero attached hydrogens (tertiary/aromatic N) is 1. The van der Waals surface area contributed by atoms with Gasteiger partial charge in [0.2, 0.25) is 0 Å². The highest BCUT2D eigenvalue weighted by Crippen LogP contribution is 2.34. The monoisotopic (exact) mass is 572 g/mol. The second kappa shape index (κ2) is 14.4. The van der Waals surface area contributed by atoms with E-state index in [4.69, 9.17) is 14.2 Å². The van der Waals surface area contributed by atoms with E-state index in [1.54, 1.807) is 38.1 Å². The summed E-state index contributed by atoms with van der Waals surface area (Å²) >= 11 is 0. The smallest absolute Gasteiger partial charge is 0.418 e. The van der Waals surface area contributed by atoms with Gasteiger partial charge in [0, 0.05) is 0 Å². The van der Waals surface area contributed by atoms with E-state index in [9.17, 15) is 27.6 Å². The van der Waals surface area contributed by atoms with Crippen molar-refractivity contribution < 1.29 is 41.8 Å². The predicted molar refractivity (Wildman–Crippen MR) is 145 cm³/mol. The van der Waals surface area contributed by atoms with Crippen molar-refractivity contribution in [2.75, 3.05) is 30.5 Å². The predicted octanol–water partition coefficient (Wildman–Crippen LogP) is 4.61. The van der Waals surface area contributed by atoms with Crippen molar-refractivity contribution in [2.24, 2.45) is 5.10 Å². The summed E-state index contributed by atoms with van der Waals surface area (Å²) in [5.74, 6) is -2.00. The highest BCUT2D eigenvalue weighted by atomic mass is 19.4. The lowest BCUT2D eigenvalue weighted by atomic mass is 10.1. The number of para-hydroxylation sites is 3. The Morgan fingerprint density at radius 3 is 2.15 bits per heavy atom. The molecule has 0 spiro atoms. The Balaban J connectivity index is 1.59. The molecule has 3 N–H and O–H groups in total. The highest BCUT2D eigenvalue weighted by molar-refractivity contribution is 6.39. The zero-order valence-corrected chi connectivity index (χ0v) is 22.1. The third kappa shape index (κ3) is 8.98. The van der Waals surface area contributed by atoms with Gasteiger partial charge in [-0.2, -0.15) is 18.3 Å². The number of ether oxygens (including phenoxy) is 3. The molecule has 3 amide bonds. The number of benzene rings is 3. The number of carbonyl (C=O) groups excluding carboxylic acids is 3. The lowest BCUT2D eigenvalue weighted by Gasteiger charge is -2.15. The number of carbonyl (C=O) groups is 3. The molecule has 0 aromatic heterocycles. The zero-order chi connectivity index (χ0) is 29.8. The molecule has 13 heteroatoms. The molecule has 10 nitrogen and oxygen atoms in total. The number of alkyl halides is 3. The van der Waals surface area contributed by atoms with E-state index in [0.29, 0.717) is 23.6 Å². The van der Waals surface area contributed by atoms with Crippen LogP contribution in [-0.2, 0) is 20.6 Å². The summed E-state index contributed by atoms with van der Waals surface area (Å²) in [6, 6.07) is 15.7. The fourth-order valence-corrected chi connectivity index (χ4v) is 3.41. The van der Waals surface area contributed by atoms with Crippen molar-refractivity contribution in [1.29, 1.82) is 0 Å². The summed E-state index contributed by atoms with van der Waals surface area (Å²) in [6.45, 7) is 3.53. The lowest BCUT2D eigenvalue weighted by Crippen LogP contribution is -2.32. The second-order valence-corrected chi connectivity index (χ2v) is 8.10. The van der Waals surface area contributed by atoms with Crippen molar-refractivity contribution in [3.8, 4) is 17.2 Å². The largest absolute Gasteiger partial charge is 0.492 e. The summed E-state index contributed by atoms with van der Waals surface area (Å²) in [7, 11) is 0. The Morgan fingerprint density at radius 1 is 0.780 bits per heavy atom. The molecule has 0 fully saturated rings. The average Bonchev–Trinajstić information content (AvgIpc) is 2.93. The van der Waals surface area contributed by atoms with Gasteiger partial charge in [0.15, 0.2) is 18.1 Å². The third-order valence-corrected chi connectivity index (χ3v) is 5.15. The maximum atomic E-state index is 13.2. The van der Waals surface area contributed by atoms with Crippen LogP contribution in [0.1, 0.15) is 25.0 Å². The first-order valence-electron chi connectivity index (χ1n) is 12.3. The molecule has 3 rings (SSSR count). The van der Waals surface area contributed by atoms with Crippen molar-refractivity contribution in [3.05, 3.63) is 77.9 Å². The summed E-state index contributed by atoms with van der Waals surface area (Å²) in [5.41, 5.74) is 1.53. The van der Waals surface area contributed by atoms with Gasteiger partial charge >= 0.3 is 18.0 Å². The lowest BCUT2D eigenvalue weighted by molar-refractivity contribution is -0.137. The van der Waals surface area contributed by atoms with Gasteiger partial charge < -0.3 is 24.8 Å². The fraction of sp³-hybridized carbons (Fsp3) is 0.214. The van der Waals surface area contributed by atoms with Gasteiger partial charge in [-0.3, -0.25) is 14.4 Å². The first kappa shape index (κ1) is 30.5. The number of anilines is 2. The molecule has 0 unspecified atom stereocenters. The Morgan fingerprint density at radius 2 is 1.44 bits per heavy atom. The molecule has 3 aromatic carbocycles. The van der Waals surface area contributed by atoms with E-state index in [-0.39, 0.29) is 23.8 Å². The first-order valence-corrected chi connectivity index (χ1v) is 12.3. The van der Waals surface area contributed by atoms with E-state index >= 15 is 0 Å². The third-order valence-electron chi connectivity index (χ3n) is 5.15. The normalized spacial score (nSPS) is 11.0. The van der Waals surface area contributed by atoms with Crippen LogP contribution in [0.4, 0.5) is 24.5 Å². The maximum Gasteiger partial charge on any atom is 0.418 e. The van der Waals surface area contributed by atoms with Crippen LogP contribution < -0.4 is 30.3 Å². The molecule has 41 heavy (non-hydrogen) atoms. The van der Waals surface area contributed by atoms with E-state index in [1.807, 2.05) is 0 Å². The Hall–Kier alpha value is -5.07. The van der Waals surface area contributed by atoms with E-state index < -0.39 is 36.1 Å². The van der Waals surface area contributed by atoms with Gasteiger partial charge in [0.1, 0.15) is 5.75 Å². The van der Waals surface area contributed by atoms with E-state index in [1.165, 1.54) is 36.5 Å². The Bertz CT molecular complexity index is 1410. The number of nitrogens with one attached hydrogen (secondary N) is 3. The van der Waals surface area contributed by atoms with Gasteiger partial charge in [-0.1, -0.05) is 24.3 Å². The molecular formula is C28H27F3N4O6. The number of halogens is 3. The van der Waals surface area contributed by atoms with Crippen molar-refractivity contribution in [3.63, 3.8) is 0 Å². The molecule has 216 valence electrons. The molecule has 0 aliphatic carbocycles. The summed E-state index contributed by atoms with van der Waals surface area (Å²) < 4.78 is 55.9. The molecule has 0 bridgehead atoms. The van der Waals surface area contributed by atoms with Crippen molar-refractivity contribution >= 4 is 35.3 Å². The Kier molecular flexibility index (Phi) is 10.7. The number of amides is 3. The molecule has 0 saturated carbocycles. The number of hydrazone groups is 1. The maximum absolute atomic E-state index is 13.2. The molecule has 0 heterocycles. The van der Waals surface area contributed by atoms with Crippen LogP contribution in [0.2, 0.25) is 0 Å². The molecule has 0 radical (unpaired) electrons. The number of rotatable bonds is 11. The van der Waals surface area contributed by atoms with Gasteiger partial charge in [0.25, 0.3) is 5.91 Å². The van der Waals surface area contributed by atoms with Crippen LogP contribution in [-0.4, -0.2) is 43.8 Å². The van der Waals surface area contributed by atoms with Crippen LogP contribution >= 0.6 is 0 Å². The van der Waals surface area contributed by atoms with Crippen LogP contribution in [0, 0.1) is 0 Å². The minimum absolute atomic E-state index is 0.152. The second-order valence-electron chi connectivity index (χ2n) is 8.10. The summed E-state index contributed by atoms with van der Waals surface area (Å²) in [6.07, 6.45) is -3.38. The number of hydrogen-bond donors (Lipinski definition) is 3. The SMILES string of the molecule is CCOc1ccccc1NC(=O)C(=O)N/N=C\c1ccc(OCC(=O)Nc2ccccc2C(F)(F)F)c(OCC)c1. The Labute approximate surface area is 233 Å². The first-order chi connectivity index (χ1) is 19.6. The van der Waals surface area contributed by atoms with E-state index in [0.717, 1.165) is 12.1 Å². The summed E-state index contributed by atoms with van der Waals surface area (Å²) in [5, 5.41) is 8.42. The average molecular weight is 573 g/mol. The summed E-state index contributed by atoms with van der Waals surface area (Å²) in [4.78, 5) is 36.7. The molecule has 0 saturated heterocycles. The van der Waals surface area contributed by atoms with Gasteiger partial charge in [-0.15, -0.1) is 0 Å². The molecule has 0 atom stereocenters. The molecule has 0 aliphatic rings. The topological polar surface area (TPSA) is 127 Å². The highest BCUT2D eigenvalue weighted by Gasteiger charge is 2.33. The number of hydrogen-bond acceptors (Lipinski definition) is 7. The van der Waals surface area contributed by atoms with Crippen LogP contribution in [0.3, 0.4) is 0 Å². The van der Waals surface area contributed by atoms with Crippen LogP contribution in [0.5, 0.6) is 17.2 Å². The zero-order valence-electron chi connectivity index (χ0n) is 22.1. The van der Waals surface area contributed by atoms with Crippen LogP contribution in [0.25, 0.3) is 0 Å². The minimum Gasteiger partial charge on any atom is -0.492 e. The quantitative estimate of drug-likeness (QED) is 0.175. The minimum atomic E-state index is -4.64. The standard InChI is InChI=1S/C28H27F3N4O6/c1-3-39-22-12-8-7-11-21(22)34-26(37)27(38)35-32-16-18-13-14-23(24(15-18)40-4-2)41-17-25(36)33-20-10-6-5-9-19(20)28(29,30)31/h5-16H,3-4,17H2,1-2H3,(H,33,36)(H,34,37)(H,35,38)/b32-16-. The van der Waals surface area contributed by atoms with Crippen LogP contribution in [0.15, 0.2) is 71.8 Å². The fourth-order valence-electron chi connectivity index (χ4n) is 3.41. The van der Waals surface area contributed by atoms with Gasteiger partial charge in [-0.25, -0.2) is 5.43 Å². The van der Waals surface area contributed by atoms with Crippen molar-refractivity contribution in [2.45, 2.75) is 20.0 Å². The van der Waals surface area contributed by atoms with Gasteiger partial charge in [0.05, 0.1) is 36.4 Å². The van der Waals surface area contributed by atoms with Crippen molar-refractivity contribution in [1.82, 2.24) is 5.43 Å².